The van der Waals surface area contributed by atoms with Gasteiger partial charge < -0.3 is 11.1 Å². The predicted molar refractivity (Wildman–Crippen MR) is 59.7 cm³/mol. The Hall–Kier alpha value is -1.68. The Labute approximate surface area is 89.5 Å². The molecule has 0 atom stereocenters. The normalized spacial score (nSPS) is 8.67. The lowest BCUT2D eigenvalue weighted by Crippen LogP contribution is -2.25. The van der Waals surface area contributed by atoms with Gasteiger partial charge in [0, 0.05) is 5.56 Å². The third-order valence-electron chi connectivity index (χ3n) is 1.53. The van der Waals surface area contributed by atoms with Gasteiger partial charge in [0.15, 0.2) is 0 Å². The van der Waals surface area contributed by atoms with Gasteiger partial charge >= 0.3 is 0 Å². The lowest BCUT2D eigenvalue weighted by atomic mass is 10.2. The van der Waals surface area contributed by atoms with E-state index in [2.05, 4.69) is 5.32 Å². The molecule has 1 aromatic rings. The Morgan fingerprint density at radius 1 is 1.53 bits per heavy atom. The van der Waals surface area contributed by atoms with E-state index in [4.69, 9.17) is 5.73 Å². The molecule has 0 saturated heterocycles. The fraction of sp³-hybridized carbons (Fsp3) is 0.273. The van der Waals surface area contributed by atoms with Crippen molar-refractivity contribution in [3.63, 3.8) is 0 Å². The molecule has 0 aromatic heterocycles. The largest absolute Gasteiger partial charge is 0.369 e. The zero-order valence-electron chi connectivity index (χ0n) is 8.99. The van der Waals surface area contributed by atoms with E-state index in [0.29, 0.717) is 0 Å². The second-order valence-electron chi connectivity index (χ2n) is 3.03. The highest BCUT2D eigenvalue weighted by Gasteiger charge is 1.86. The van der Waals surface area contributed by atoms with Gasteiger partial charge in [-0.3, -0.25) is 9.59 Å². The summed E-state index contributed by atoms with van der Waals surface area (Å²) < 4.78 is 0. The van der Waals surface area contributed by atoms with E-state index >= 15 is 0 Å². The Morgan fingerprint density at radius 3 is 2.47 bits per heavy atom. The van der Waals surface area contributed by atoms with Crippen LogP contribution in [0.25, 0.3) is 0 Å². The third-order valence-corrected chi connectivity index (χ3v) is 1.53. The van der Waals surface area contributed by atoms with Gasteiger partial charge in [-0.15, -0.1) is 0 Å². The van der Waals surface area contributed by atoms with E-state index in [0.717, 1.165) is 17.4 Å². The van der Waals surface area contributed by atoms with Crippen molar-refractivity contribution in [2.45, 2.75) is 6.92 Å². The number of carbonyl (C=O) groups excluding carboxylic acids is 2. The Morgan fingerprint density at radius 2 is 2.20 bits per heavy atom. The van der Waals surface area contributed by atoms with Gasteiger partial charge in [0.2, 0.25) is 5.91 Å². The van der Waals surface area contributed by atoms with E-state index in [1.54, 1.807) is 13.1 Å². The quantitative estimate of drug-likeness (QED) is 0.710. The number of nitrogens with two attached hydrogens (primary N) is 1. The molecular weight excluding hydrogens is 192 g/mol. The van der Waals surface area contributed by atoms with Crippen LogP contribution in [-0.2, 0) is 4.79 Å². The molecule has 0 saturated carbocycles. The van der Waals surface area contributed by atoms with Crippen molar-refractivity contribution in [3.8, 4) is 0 Å². The first-order valence-electron chi connectivity index (χ1n) is 4.55. The van der Waals surface area contributed by atoms with E-state index in [1.807, 2.05) is 25.1 Å². The number of carbonyl (C=O) groups is 2. The maximum atomic E-state index is 10.2. The van der Waals surface area contributed by atoms with Crippen LogP contribution in [0.3, 0.4) is 0 Å². The van der Waals surface area contributed by atoms with Gasteiger partial charge in [0.25, 0.3) is 0 Å². The van der Waals surface area contributed by atoms with Crippen molar-refractivity contribution in [2.75, 3.05) is 13.6 Å². The number of aldehydes is 1. The van der Waals surface area contributed by atoms with Crippen LogP contribution in [0.15, 0.2) is 24.3 Å². The number of amides is 1. The highest BCUT2D eigenvalue weighted by molar-refractivity contribution is 5.75. The minimum Gasteiger partial charge on any atom is -0.369 e. The molecule has 0 aliphatic heterocycles. The molecular formula is C11H16N2O2. The topological polar surface area (TPSA) is 72.2 Å². The first kappa shape index (κ1) is 13.3. The van der Waals surface area contributed by atoms with Gasteiger partial charge in [-0.1, -0.05) is 23.8 Å². The maximum Gasteiger partial charge on any atom is 0.231 e. The van der Waals surface area contributed by atoms with Crippen molar-refractivity contribution in [1.82, 2.24) is 5.32 Å². The highest BCUT2D eigenvalue weighted by Crippen LogP contribution is 1.99. The minimum absolute atomic E-state index is 0.264. The summed E-state index contributed by atoms with van der Waals surface area (Å²) in [5, 5.41) is 2.59. The number of nitrogens with one attached hydrogen (secondary N) is 1. The standard InChI is InChI=1S/C8H8O.C3H8N2O/c1-7-3-2-4-8(5-7)6-9;1-5-2-3(4)6/h2-6H,1H3;5H,2H2,1H3,(H2,4,6). The van der Waals surface area contributed by atoms with Gasteiger partial charge in [-0.05, 0) is 20.0 Å². The number of hydrogen-bond acceptors (Lipinski definition) is 3. The number of aryl methyl sites for hydroxylation is 1. The second-order valence-corrected chi connectivity index (χ2v) is 3.03. The van der Waals surface area contributed by atoms with Crippen LogP contribution in [0, 0.1) is 6.92 Å². The number of benzene rings is 1. The van der Waals surface area contributed by atoms with E-state index in [1.165, 1.54) is 0 Å². The number of primary amides is 1. The van der Waals surface area contributed by atoms with Gasteiger partial charge in [0.05, 0.1) is 6.54 Å². The molecule has 0 radical (unpaired) electrons. The summed E-state index contributed by atoms with van der Waals surface area (Å²) in [6, 6.07) is 7.49. The summed E-state index contributed by atoms with van der Waals surface area (Å²) in [6.45, 7) is 2.23. The molecule has 0 fully saturated rings. The predicted octanol–water partition coefficient (Wildman–Crippen LogP) is 0.499. The number of likely N-dealkylation sites (N-methyl/N-ethyl adjacent to an activating group) is 1. The Bertz CT molecular complexity index is 324. The summed E-state index contributed by atoms with van der Waals surface area (Å²) in [7, 11) is 1.67. The molecule has 1 aromatic carbocycles. The van der Waals surface area contributed by atoms with E-state index in [-0.39, 0.29) is 12.5 Å². The zero-order valence-corrected chi connectivity index (χ0v) is 8.99. The minimum atomic E-state index is -0.322. The van der Waals surface area contributed by atoms with Gasteiger partial charge in [0.1, 0.15) is 6.29 Å². The average Bonchev–Trinajstić information content (AvgIpc) is 2.18. The summed E-state index contributed by atoms with van der Waals surface area (Å²) in [5.41, 5.74) is 6.57. The average molecular weight is 208 g/mol. The molecule has 0 aliphatic rings. The smallest absolute Gasteiger partial charge is 0.231 e. The molecule has 82 valence electrons. The first-order valence-corrected chi connectivity index (χ1v) is 4.55. The van der Waals surface area contributed by atoms with Crippen LogP contribution < -0.4 is 11.1 Å². The molecule has 0 aliphatic carbocycles. The maximum absolute atomic E-state index is 10.2. The Kier molecular flexibility index (Phi) is 6.84. The first-order chi connectivity index (χ1) is 7.10. The fourth-order valence-electron chi connectivity index (χ4n) is 0.918. The van der Waals surface area contributed by atoms with E-state index in [9.17, 15) is 9.59 Å². The van der Waals surface area contributed by atoms with Crippen molar-refractivity contribution in [3.05, 3.63) is 35.4 Å². The fourth-order valence-corrected chi connectivity index (χ4v) is 0.918. The van der Waals surface area contributed by atoms with Crippen LogP contribution in [0.1, 0.15) is 15.9 Å². The number of rotatable bonds is 3. The molecule has 0 spiro atoms. The molecule has 0 heterocycles. The molecule has 4 heteroatoms. The van der Waals surface area contributed by atoms with Gasteiger partial charge in [-0.25, -0.2) is 0 Å². The van der Waals surface area contributed by atoms with Crippen molar-refractivity contribution in [1.29, 1.82) is 0 Å². The molecule has 3 N–H and O–H groups in total. The van der Waals surface area contributed by atoms with Crippen LogP contribution in [0.2, 0.25) is 0 Å². The Balaban J connectivity index is 0.000000288. The van der Waals surface area contributed by atoms with Crippen molar-refractivity contribution >= 4 is 12.2 Å². The van der Waals surface area contributed by atoms with Crippen molar-refractivity contribution in [2.24, 2.45) is 5.73 Å². The third kappa shape index (κ3) is 7.40. The molecule has 0 unspecified atom stereocenters. The monoisotopic (exact) mass is 208 g/mol. The van der Waals surface area contributed by atoms with Crippen molar-refractivity contribution < 1.29 is 9.59 Å². The van der Waals surface area contributed by atoms with Crippen LogP contribution in [0.5, 0.6) is 0 Å². The molecule has 4 nitrogen and oxygen atoms in total. The lowest BCUT2D eigenvalue weighted by Gasteiger charge is -1.89. The van der Waals surface area contributed by atoms with E-state index < -0.39 is 0 Å². The molecule has 1 rings (SSSR count). The van der Waals surface area contributed by atoms with Crippen LogP contribution in [-0.4, -0.2) is 25.8 Å². The molecule has 15 heavy (non-hydrogen) atoms. The molecule has 1 amide bonds. The molecule has 0 bridgehead atoms. The second kappa shape index (κ2) is 7.70. The van der Waals surface area contributed by atoms with Crippen LogP contribution in [0.4, 0.5) is 0 Å². The van der Waals surface area contributed by atoms with Crippen LogP contribution >= 0.6 is 0 Å². The summed E-state index contributed by atoms with van der Waals surface area (Å²) >= 11 is 0. The van der Waals surface area contributed by atoms with Gasteiger partial charge in [-0.2, -0.15) is 0 Å². The summed E-state index contributed by atoms with van der Waals surface area (Å²) in [5.74, 6) is -0.322. The summed E-state index contributed by atoms with van der Waals surface area (Å²) in [4.78, 5) is 19.9. The zero-order chi connectivity index (χ0) is 11.7. The highest BCUT2D eigenvalue weighted by atomic mass is 16.1. The number of hydrogen-bond donors (Lipinski definition) is 2. The SMILES string of the molecule is CNCC(N)=O.Cc1cccc(C=O)c1. The summed E-state index contributed by atoms with van der Waals surface area (Å²) in [6.07, 6.45) is 0.854. The lowest BCUT2D eigenvalue weighted by molar-refractivity contribution is -0.117.